The number of hydrogen-bond donors (Lipinski definition) is 2. The van der Waals surface area contributed by atoms with Crippen molar-refractivity contribution in [1.29, 1.82) is 0 Å². The lowest BCUT2D eigenvalue weighted by Crippen LogP contribution is -2.13. The summed E-state index contributed by atoms with van der Waals surface area (Å²) in [6, 6.07) is 8.12. The van der Waals surface area contributed by atoms with Crippen LogP contribution in [0.2, 0.25) is 0 Å². The van der Waals surface area contributed by atoms with E-state index in [0.717, 1.165) is 21.4 Å². The number of hydrogen-bond acceptors (Lipinski definition) is 3. The van der Waals surface area contributed by atoms with Crippen molar-refractivity contribution in [1.82, 2.24) is 4.98 Å². The Balaban J connectivity index is 1.73. The van der Waals surface area contributed by atoms with E-state index >= 15 is 0 Å². The molecule has 4 nitrogen and oxygen atoms in total. The number of halogens is 1. The summed E-state index contributed by atoms with van der Waals surface area (Å²) in [6.07, 6.45) is 5.70. The van der Waals surface area contributed by atoms with Crippen molar-refractivity contribution >= 4 is 33.2 Å². The van der Waals surface area contributed by atoms with Crippen LogP contribution in [0.5, 0.6) is 0 Å². The van der Waals surface area contributed by atoms with E-state index in [1.165, 1.54) is 12.8 Å². The molecule has 1 heterocycles. The zero-order valence-electron chi connectivity index (χ0n) is 11.7. The van der Waals surface area contributed by atoms with Gasteiger partial charge in [0.2, 0.25) is 0 Å². The van der Waals surface area contributed by atoms with Crippen molar-refractivity contribution in [3.63, 3.8) is 0 Å². The second kappa shape index (κ2) is 5.85. The van der Waals surface area contributed by atoms with E-state index in [0.29, 0.717) is 11.6 Å². The Morgan fingerprint density at radius 2 is 2.05 bits per heavy atom. The molecule has 1 aromatic carbocycles. The summed E-state index contributed by atoms with van der Waals surface area (Å²) >= 11 is 3.46. The monoisotopic (exact) mass is 345 g/mol. The Morgan fingerprint density at radius 3 is 2.76 bits per heavy atom. The summed E-state index contributed by atoms with van der Waals surface area (Å²) in [5.41, 5.74) is 3.34. The lowest BCUT2D eigenvalue weighted by atomic mass is 10.2. The van der Waals surface area contributed by atoms with Crippen LogP contribution in [0.25, 0.3) is 0 Å². The topological polar surface area (TPSA) is 54.0 Å². The predicted octanol–water partition coefficient (Wildman–Crippen LogP) is 3.98. The zero-order valence-corrected chi connectivity index (χ0v) is 13.3. The smallest absolute Gasteiger partial charge is 0.257 e. The maximum atomic E-state index is 12.3. The third kappa shape index (κ3) is 3.61. The third-order valence-corrected chi connectivity index (χ3v) is 4.23. The highest BCUT2D eigenvalue weighted by Gasteiger charge is 2.21. The van der Waals surface area contributed by atoms with Crippen molar-refractivity contribution < 1.29 is 4.79 Å². The summed E-state index contributed by atoms with van der Waals surface area (Å²) in [7, 11) is 0. The Labute approximate surface area is 132 Å². The molecule has 1 aliphatic carbocycles. The summed E-state index contributed by atoms with van der Waals surface area (Å²) in [4.78, 5) is 16.4. The minimum atomic E-state index is -0.155. The number of carbonyl (C=O) groups excluding carboxylic acids is 1. The van der Waals surface area contributed by atoms with Crippen LogP contribution in [0.1, 0.15) is 28.8 Å². The molecule has 21 heavy (non-hydrogen) atoms. The summed E-state index contributed by atoms with van der Waals surface area (Å²) in [6.45, 7) is 2.01. The zero-order chi connectivity index (χ0) is 14.8. The number of nitrogens with one attached hydrogen (secondary N) is 2. The van der Waals surface area contributed by atoms with Gasteiger partial charge in [-0.15, -0.1) is 0 Å². The van der Waals surface area contributed by atoms with Crippen molar-refractivity contribution in [3.8, 4) is 0 Å². The normalized spacial score (nSPS) is 13.8. The van der Waals surface area contributed by atoms with Gasteiger partial charge in [-0.05, 0) is 43.5 Å². The van der Waals surface area contributed by atoms with E-state index in [-0.39, 0.29) is 5.91 Å². The molecule has 0 saturated heterocycles. The van der Waals surface area contributed by atoms with E-state index in [4.69, 9.17) is 0 Å². The van der Waals surface area contributed by atoms with Gasteiger partial charge in [-0.2, -0.15) is 0 Å². The van der Waals surface area contributed by atoms with E-state index in [2.05, 4.69) is 31.5 Å². The van der Waals surface area contributed by atoms with Gasteiger partial charge in [0.1, 0.15) is 0 Å². The van der Waals surface area contributed by atoms with Crippen LogP contribution in [0, 0.1) is 6.92 Å². The van der Waals surface area contributed by atoms with Gasteiger partial charge in [0.05, 0.1) is 11.3 Å². The highest BCUT2D eigenvalue weighted by molar-refractivity contribution is 9.10. The molecule has 1 amide bonds. The fourth-order valence-electron chi connectivity index (χ4n) is 1.98. The van der Waals surface area contributed by atoms with Gasteiger partial charge >= 0.3 is 0 Å². The molecule has 1 saturated carbocycles. The second-order valence-electron chi connectivity index (χ2n) is 5.30. The maximum Gasteiger partial charge on any atom is 0.257 e. The Hall–Kier alpha value is -1.88. The van der Waals surface area contributed by atoms with Crippen LogP contribution in [0.15, 0.2) is 41.1 Å². The molecule has 3 rings (SSSR count). The number of benzene rings is 1. The van der Waals surface area contributed by atoms with E-state index in [9.17, 15) is 4.79 Å². The maximum absolute atomic E-state index is 12.3. The number of amides is 1. The van der Waals surface area contributed by atoms with Crippen molar-refractivity contribution in [3.05, 3.63) is 52.3 Å². The first-order valence-electron chi connectivity index (χ1n) is 6.91. The van der Waals surface area contributed by atoms with Gasteiger partial charge in [-0.25, -0.2) is 0 Å². The van der Waals surface area contributed by atoms with E-state index < -0.39 is 0 Å². The van der Waals surface area contributed by atoms with Crippen LogP contribution < -0.4 is 10.6 Å². The van der Waals surface area contributed by atoms with Gasteiger partial charge < -0.3 is 10.6 Å². The average Bonchev–Trinajstić information content (AvgIpc) is 3.27. The van der Waals surface area contributed by atoms with Gasteiger partial charge in [0.25, 0.3) is 5.91 Å². The Morgan fingerprint density at radius 1 is 1.24 bits per heavy atom. The van der Waals surface area contributed by atoms with Crippen LogP contribution >= 0.6 is 15.9 Å². The molecule has 2 aromatic rings. The lowest BCUT2D eigenvalue weighted by molar-refractivity contribution is 0.102. The number of aryl methyl sites for hydroxylation is 1. The standard InChI is InChI=1S/C16H16BrN3O/c1-10-2-3-13(7-15(10)17)20-16(21)11-6-14(9-18-8-11)19-12-4-5-12/h2-3,6-9,12,19H,4-5H2,1H3,(H,20,21). The molecule has 0 bridgehead atoms. The van der Waals surface area contributed by atoms with Gasteiger partial charge in [0.15, 0.2) is 0 Å². The predicted molar refractivity (Wildman–Crippen MR) is 87.7 cm³/mol. The highest BCUT2D eigenvalue weighted by Crippen LogP contribution is 2.25. The highest BCUT2D eigenvalue weighted by atomic mass is 79.9. The van der Waals surface area contributed by atoms with Crippen LogP contribution in [-0.2, 0) is 0 Å². The summed E-state index contributed by atoms with van der Waals surface area (Å²) < 4.78 is 0.975. The molecule has 0 radical (unpaired) electrons. The molecule has 2 N–H and O–H groups in total. The molecule has 5 heteroatoms. The first-order chi connectivity index (χ1) is 10.1. The average molecular weight is 346 g/mol. The molecule has 108 valence electrons. The number of rotatable bonds is 4. The molecule has 0 unspecified atom stereocenters. The summed E-state index contributed by atoms with van der Waals surface area (Å²) in [5.74, 6) is -0.155. The second-order valence-corrected chi connectivity index (χ2v) is 6.15. The van der Waals surface area contributed by atoms with Gasteiger partial charge in [-0.1, -0.05) is 22.0 Å². The molecule has 0 atom stereocenters. The Kier molecular flexibility index (Phi) is 3.92. The van der Waals surface area contributed by atoms with Crippen LogP contribution in [-0.4, -0.2) is 16.9 Å². The van der Waals surface area contributed by atoms with Gasteiger partial charge in [0, 0.05) is 28.6 Å². The summed E-state index contributed by atoms with van der Waals surface area (Å²) in [5, 5.41) is 6.23. The van der Waals surface area contributed by atoms with Crippen LogP contribution in [0.3, 0.4) is 0 Å². The number of aromatic nitrogens is 1. The molecular weight excluding hydrogens is 330 g/mol. The molecule has 1 aliphatic rings. The molecule has 0 aliphatic heterocycles. The van der Waals surface area contributed by atoms with Crippen molar-refractivity contribution in [2.75, 3.05) is 10.6 Å². The minimum absolute atomic E-state index is 0.155. The fraction of sp³-hybridized carbons (Fsp3) is 0.250. The third-order valence-electron chi connectivity index (χ3n) is 3.38. The Bertz CT molecular complexity index is 683. The number of nitrogens with zero attached hydrogens (tertiary/aromatic N) is 1. The first-order valence-corrected chi connectivity index (χ1v) is 7.70. The van der Waals surface area contributed by atoms with E-state index in [1.54, 1.807) is 12.4 Å². The number of pyridine rings is 1. The first kappa shape index (κ1) is 14.1. The van der Waals surface area contributed by atoms with E-state index in [1.807, 2.05) is 31.2 Å². The molecule has 1 aromatic heterocycles. The molecular formula is C16H16BrN3O. The fourth-order valence-corrected chi connectivity index (χ4v) is 2.36. The SMILES string of the molecule is Cc1ccc(NC(=O)c2cncc(NC3CC3)c2)cc1Br. The van der Waals surface area contributed by atoms with Gasteiger partial charge in [-0.3, -0.25) is 9.78 Å². The minimum Gasteiger partial charge on any atom is -0.381 e. The quantitative estimate of drug-likeness (QED) is 0.881. The lowest BCUT2D eigenvalue weighted by Gasteiger charge is -2.09. The largest absolute Gasteiger partial charge is 0.381 e. The van der Waals surface area contributed by atoms with Crippen LogP contribution in [0.4, 0.5) is 11.4 Å². The molecule has 0 spiro atoms. The number of carbonyl (C=O) groups is 1. The molecule has 1 fully saturated rings. The number of anilines is 2. The van der Waals surface area contributed by atoms with Crippen molar-refractivity contribution in [2.24, 2.45) is 0 Å². The van der Waals surface area contributed by atoms with Crippen molar-refractivity contribution in [2.45, 2.75) is 25.8 Å².